The van der Waals surface area contributed by atoms with Crippen molar-refractivity contribution in [2.75, 3.05) is 18.4 Å². The highest BCUT2D eigenvalue weighted by Gasteiger charge is 2.21. The zero-order chi connectivity index (χ0) is 16.9. The molecule has 1 aromatic rings. The molecule has 0 atom stereocenters. The molecule has 5 heteroatoms. The standard InChI is InChI=1S/C18H27N3O2/c1-4-18(2,3)21-17(23)13-5-7-15(8-6-13)20-16(22)14-9-11-19-12-10-14/h5-8,14,19H,4,9-12H2,1-3H3,(H,20,22)(H,21,23). The Hall–Kier alpha value is -1.88. The summed E-state index contributed by atoms with van der Waals surface area (Å²) in [4.78, 5) is 24.4. The monoisotopic (exact) mass is 317 g/mol. The Kier molecular flexibility index (Phi) is 5.77. The van der Waals surface area contributed by atoms with Gasteiger partial charge in [0.2, 0.25) is 5.91 Å². The van der Waals surface area contributed by atoms with Gasteiger partial charge in [0, 0.05) is 22.7 Å². The number of benzene rings is 1. The van der Waals surface area contributed by atoms with Gasteiger partial charge in [-0.25, -0.2) is 0 Å². The summed E-state index contributed by atoms with van der Waals surface area (Å²) in [6, 6.07) is 7.07. The third-order valence-corrected chi connectivity index (χ3v) is 4.46. The van der Waals surface area contributed by atoms with Crippen LogP contribution in [0.1, 0.15) is 50.4 Å². The summed E-state index contributed by atoms with van der Waals surface area (Å²) in [5, 5.41) is 9.19. The van der Waals surface area contributed by atoms with Crippen molar-refractivity contribution in [3.05, 3.63) is 29.8 Å². The van der Waals surface area contributed by atoms with Crippen molar-refractivity contribution in [1.29, 1.82) is 0 Å². The number of anilines is 1. The predicted octanol–water partition coefficient (Wildman–Crippen LogP) is 2.54. The van der Waals surface area contributed by atoms with Crippen molar-refractivity contribution in [1.82, 2.24) is 10.6 Å². The first kappa shape index (κ1) is 17.5. The molecule has 0 aromatic heterocycles. The number of hydrogen-bond donors (Lipinski definition) is 3. The Morgan fingerprint density at radius 3 is 2.35 bits per heavy atom. The highest BCUT2D eigenvalue weighted by molar-refractivity contribution is 5.96. The van der Waals surface area contributed by atoms with Crippen LogP contribution < -0.4 is 16.0 Å². The Morgan fingerprint density at radius 2 is 1.78 bits per heavy atom. The largest absolute Gasteiger partial charge is 0.347 e. The Bertz CT molecular complexity index is 546. The van der Waals surface area contributed by atoms with Crippen LogP contribution in [0.4, 0.5) is 5.69 Å². The molecule has 1 aromatic carbocycles. The molecule has 2 rings (SSSR count). The lowest BCUT2D eigenvalue weighted by atomic mass is 9.97. The van der Waals surface area contributed by atoms with Gasteiger partial charge in [0.1, 0.15) is 0 Å². The van der Waals surface area contributed by atoms with Crippen molar-refractivity contribution in [3.63, 3.8) is 0 Å². The summed E-state index contributed by atoms with van der Waals surface area (Å²) in [5.74, 6) is 0.0495. The average molecular weight is 317 g/mol. The number of nitrogens with one attached hydrogen (secondary N) is 3. The van der Waals surface area contributed by atoms with Gasteiger partial charge in [-0.2, -0.15) is 0 Å². The van der Waals surface area contributed by atoms with E-state index in [4.69, 9.17) is 0 Å². The van der Waals surface area contributed by atoms with E-state index in [1.165, 1.54) is 0 Å². The highest BCUT2D eigenvalue weighted by atomic mass is 16.2. The minimum absolute atomic E-state index is 0.0656. The summed E-state index contributed by atoms with van der Waals surface area (Å²) < 4.78 is 0. The van der Waals surface area contributed by atoms with E-state index >= 15 is 0 Å². The van der Waals surface area contributed by atoms with Crippen molar-refractivity contribution in [2.45, 2.75) is 45.6 Å². The first-order valence-corrected chi connectivity index (χ1v) is 8.35. The fraction of sp³-hybridized carbons (Fsp3) is 0.556. The van der Waals surface area contributed by atoms with E-state index in [1.807, 2.05) is 20.8 Å². The van der Waals surface area contributed by atoms with E-state index in [0.29, 0.717) is 5.56 Å². The molecule has 1 saturated heterocycles. The molecule has 5 nitrogen and oxygen atoms in total. The molecule has 126 valence electrons. The van der Waals surface area contributed by atoms with Crippen LogP contribution in [-0.4, -0.2) is 30.4 Å². The van der Waals surface area contributed by atoms with Gasteiger partial charge in [0.15, 0.2) is 0 Å². The quantitative estimate of drug-likeness (QED) is 0.781. The molecule has 2 amide bonds. The second kappa shape index (κ2) is 7.59. The minimum atomic E-state index is -0.223. The van der Waals surface area contributed by atoms with Crippen molar-refractivity contribution < 1.29 is 9.59 Å². The van der Waals surface area contributed by atoms with Crippen molar-refractivity contribution in [2.24, 2.45) is 5.92 Å². The van der Waals surface area contributed by atoms with Gasteiger partial charge in [-0.05, 0) is 70.5 Å². The van der Waals surface area contributed by atoms with E-state index in [2.05, 4.69) is 16.0 Å². The van der Waals surface area contributed by atoms with Gasteiger partial charge in [0.05, 0.1) is 0 Å². The molecule has 0 unspecified atom stereocenters. The predicted molar refractivity (Wildman–Crippen MR) is 92.5 cm³/mol. The lowest BCUT2D eigenvalue weighted by Gasteiger charge is -2.24. The number of carbonyl (C=O) groups excluding carboxylic acids is 2. The van der Waals surface area contributed by atoms with Crippen LogP contribution in [0.3, 0.4) is 0 Å². The fourth-order valence-corrected chi connectivity index (χ4v) is 2.50. The number of carbonyl (C=O) groups is 2. The zero-order valence-corrected chi connectivity index (χ0v) is 14.2. The van der Waals surface area contributed by atoms with E-state index in [1.54, 1.807) is 24.3 Å². The van der Waals surface area contributed by atoms with Crippen LogP contribution in [0.2, 0.25) is 0 Å². The Labute approximate surface area is 138 Å². The SMILES string of the molecule is CCC(C)(C)NC(=O)c1ccc(NC(=O)C2CCNCC2)cc1. The van der Waals surface area contributed by atoms with E-state index < -0.39 is 0 Å². The number of amides is 2. The highest BCUT2D eigenvalue weighted by Crippen LogP contribution is 2.17. The molecule has 0 spiro atoms. The number of piperidine rings is 1. The van der Waals surface area contributed by atoms with Gasteiger partial charge >= 0.3 is 0 Å². The summed E-state index contributed by atoms with van der Waals surface area (Å²) >= 11 is 0. The van der Waals surface area contributed by atoms with Gasteiger partial charge in [-0.15, -0.1) is 0 Å². The Balaban J connectivity index is 1.93. The maximum Gasteiger partial charge on any atom is 0.251 e. The molecule has 1 aliphatic heterocycles. The fourth-order valence-electron chi connectivity index (χ4n) is 2.50. The van der Waals surface area contributed by atoms with Crippen LogP contribution in [-0.2, 0) is 4.79 Å². The van der Waals surface area contributed by atoms with Crippen LogP contribution in [0.5, 0.6) is 0 Å². The second-order valence-electron chi connectivity index (χ2n) is 6.78. The molecule has 0 radical (unpaired) electrons. The third kappa shape index (κ3) is 5.06. The molecular weight excluding hydrogens is 290 g/mol. The molecule has 1 fully saturated rings. The lowest BCUT2D eigenvalue weighted by molar-refractivity contribution is -0.120. The van der Waals surface area contributed by atoms with E-state index in [-0.39, 0.29) is 23.3 Å². The molecular formula is C18H27N3O2. The summed E-state index contributed by atoms with van der Waals surface area (Å²) in [6.45, 7) is 7.82. The molecule has 1 aliphatic rings. The van der Waals surface area contributed by atoms with E-state index in [0.717, 1.165) is 38.0 Å². The maximum atomic E-state index is 12.2. The van der Waals surface area contributed by atoms with Gasteiger partial charge in [-0.3, -0.25) is 9.59 Å². The Morgan fingerprint density at radius 1 is 1.17 bits per heavy atom. The van der Waals surface area contributed by atoms with Crippen molar-refractivity contribution in [3.8, 4) is 0 Å². The smallest absolute Gasteiger partial charge is 0.251 e. The van der Waals surface area contributed by atoms with Crippen molar-refractivity contribution >= 4 is 17.5 Å². The molecule has 0 saturated carbocycles. The summed E-state index contributed by atoms with van der Waals surface area (Å²) in [7, 11) is 0. The molecule has 0 bridgehead atoms. The zero-order valence-electron chi connectivity index (χ0n) is 14.2. The van der Waals surface area contributed by atoms with Crippen LogP contribution in [0.15, 0.2) is 24.3 Å². The second-order valence-corrected chi connectivity index (χ2v) is 6.78. The first-order chi connectivity index (χ1) is 10.9. The van der Waals surface area contributed by atoms with Crippen LogP contribution in [0.25, 0.3) is 0 Å². The van der Waals surface area contributed by atoms with Gasteiger partial charge < -0.3 is 16.0 Å². The molecule has 23 heavy (non-hydrogen) atoms. The van der Waals surface area contributed by atoms with Gasteiger partial charge in [-0.1, -0.05) is 6.92 Å². The van der Waals surface area contributed by atoms with E-state index in [9.17, 15) is 9.59 Å². The number of rotatable bonds is 5. The third-order valence-electron chi connectivity index (χ3n) is 4.46. The molecule has 3 N–H and O–H groups in total. The number of hydrogen-bond acceptors (Lipinski definition) is 3. The minimum Gasteiger partial charge on any atom is -0.347 e. The van der Waals surface area contributed by atoms with Crippen LogP contribution in [0, 0.1) is 5.92 Å². The molecule has 0 aliphatic carbocycles. The maximum absolute atomic E-state index is 12.2. The van der Waals surface area contributed by atoms with Gasteiger partial charge in [0.25, 0.3) is 5.91 Å². The first-order valence-electron chi connectivity index (χ1n) is 8.35. The summed E-state index contributed by atoms with van der Waals surface area (Å²) in [5.41, 5.74) is 1.12. The summed E-state index contributed by atoms with van der Waals surface area (Å²) in [6.07, 6.45) is 2.61. The topological polar surface area (TPSA) is 70.2 Å². The normalized spacial score (nSPS) is 16.0. The molecule has 1 heterocycles. The van der Waals surface area contributed by atoms with Crippen LogP contribution >= 0.6 is 0 Å². The average Bonchev–Trinajstić information content (AvgIpc) is 2.56. The lowest BCUT2D eigenvalue weighted by Crippen LogP contribution is -2.42.